The lowest BCUT2D eigenvalue weighted by Gasteiger charge is -2.36. The average molecular weight is 356 g/mol. The van der Waals surface area contributed by atoms with Crippen LogP contribution in [-0.2, 0) is 10.0 Å². The molecule has 0 radical (unpaired) electrons. The molecule has 8 heteroatoms. The fourth-order valence-corrected chi connectivity index (χ4v) is 4.45. The SMILES string of the molecule is Cc1ccc(Cl)cc1S(=O)(=O)N1CC(c2nc(C(C)C)no2)C1. The molecule has 0 saturated carbocycles. The number of benzene rings is 1. The number of aryl methyl sites for hydroxylation is 1. The van der Waals surface area contributed by atoms with Crippen LogP contribution in [0.5, 0.6) is 0 Å². The van der Waals surface area contributed by atoms with E-state index in [0.717, 1.165) is 0 Å². The van der Waals surface area contributed by atoms with Crippen molar-refractivity contribution >= 4 is 21.6 Å². The molecule has 0 aliphatic carbocycles. The molecule has 1 aliphatic heterocycles. The van der Waals surface area contributed by atoms with Gasteiger partial charge >= 0.3 is 0 Å². The van der Waals surface area contributed by atoms with Crippen molar-refractivity contribution < 1.29 is 12.9 Å². The number of hydrogen-bond donors (Lipinski definition) is 0. The van der Waals surface area contributed by atoms with Gasteiger partial charge in [0.05, 0.1) is 10.8 Å². The standard InChI is InChI=1S/C15H18ClN3O3S/c1-9(2)14-17-15(22-18-14)11-7-19(8-11)23(20,21)13-6-12(16)5-4-10(13)3/h4-6,9,11H,7-8H2,1-3H3. The zero-order valence-electron chi connectivity index (χ0n) is 13.2. The molecule has 2 aromatic rings. The lowest BCUT2D eigenvalue weighted by Crippen LogP contribution is -2.48. The van der Waals surface area contributed by atoms with Crippen molar-refractivity contribution in [3.8, 4) is 0 Å². The first-order valence-electron chi connectivity index (χ1n) is 7.39. The Balaban J connectivity index is 1.76. The maximum absolute atomic E-state index is 12.7. The Morgan fingerprint density at radius 1 is 1.35 bits per heavy atom. The Morgan fingerprint density at radius 3 is 2.65 bits per heavy atom. The van der Waals surface area contributed by atoms with E-state index in [2.05, 4.69) is 10.1 Å². The van der Waals surface area contributed by atoms with Crippen LogP contribution in [0.15, 0.2) is 27.6 Å². The van der Waals surface area contributed by atoms with Gasteiger partial charge in [-0.2, -0.15) is 9.29 Å². The first-order chi connectivity index (χ1) is 10.8. The molecule has 0 spiro atoms. The van der Waals surface area contributed by atoms with Crippen molar-refractivity contribution in [2.24, 2.45) is 0 Å². The van der Waals surface area contributed by atoms with E-state index in [0.29, 0.717) is 35.4 Å². The topological polar surface area (TPSA) is 76.3 Å². The van der Waals surface area contributed by atoms with Gasteiger partial charge in [0, 0.05) is 24.0 Å². The first-order valence-corrected chi connectivity index (χ1v) is 9.20. The number of halogens is 1. The van der Waals surface area contributed by atoms with Crippen LogP contribution in [0.3, 0.4) is 0 Å². The van der Waals surface area contributed by atoms with Gasteiger partial charge in [-0.15, -0.1) is 0 Å². The van der Waals surface area contributed by atoms with Crippen molar-refractivity contribution in [2.45, 2.75) is 37.5 Å². The monoisotopic (exact) mass is 355 g/mol. The fourth-order valence-electron chi connectivity index (χ4n) is 2.43. The molecule has 1 saturated heterocycles. The molecule has 1 aromatic carbocycles. The number of nitrogens with zero attached hydrogens (tertiary/aromatic N) is 3. The molecule has 2 heterocycles. The van der Waals surface area contributed by atoms with Gasteiger partial charge in [0.25, 0.3) is 0 Å². The number of sulfonamides is 1. The molecule has 0 atom stereocenters. The molecule has 1 fully saturated rings. The molecule has 124 valence electrons. The quantitative estimate of drug-likeness (QED) is 0.842. The van der Waals surface area contributed by atoms with E-state index in [1.54, 1.807) is 19.1 Å². The molecule has 0 amide bonds. The molecule has 3 rings (SSSR count). The van der Waals surface area contributed by atoms with Crippen LogP contribution in [0.2, 0.25) is 5.02 Å². The third kappa shape index (κ3) is 3.00. The van der Waals surface area contributed by atoms with Crippen LogP contribution in [0.1, 0.15) is 43.0 Å². The van der Waals surface area contributed by atoms with Crippen molar-refractivity contribution in [2.75, 3.05) is 13.1 Å². The highest BCUT2D eigenvalue weighted by molar-refractivity contribution is 7.89. The second kappa shape index (κ2) is 5.89. The number of rotatable bonds is 4. The summed E-state index contributed by atoms with van der Waals surface area (Å²) < 4.78 is 32.0. The molecular formula is C15H18ClN3O3S. The second-order valence-corrected chi connectivity index (χ2v) is 8.42. The van der Waals surface area contributed by atoms with Crippen molar-refractivity contribution in [3.63, 3.8) is 0 Å². The molecule has 6 nitrogen and oxygen atoms in total. The third-order valence-electron chi connectivity index (χ3n) is 3.94. The molecule has 23 heavy (non-hydrogen) atoms. The molecular weight excluding hydrogens is 338 g/mol. The minimum Gasteiger partial charge on any atom is -0.339 e. The maximum atomic E-state index is 12.7. The largest absolute Gasteiger partial charge is 0.339 e. The Bertz CT molecular complexity index is 826. The summed E-state index contributed by atoms with van der Waals surface area (Å²) in [5.41, 5.74) is 0.678. The zero-order valence-corrected chi connectivity index (χ0v) is 14.7. The van der Waals surface area contributed by atoms with Gasteiger partial charge in [-0.1, -0.05) is 36.7 Å². The van der Waals surface area contributed by atoms with Gasteiger partial charge in [-0.25, -0.2) is 8.42 Å². The van der Waals surface area contributed by atoms with Crippen LogP contribution in [0, 0.1) is 6.92 Å². The molecule has 1 aliphatic rings. The minimum absolute atomic E-state index is 0.0516. The van der Waals surface area contributed by atoms with E-state index >= 15 is 0 Å². The minimum atomic E-state index is -3.55. The second-order valence-electron chi connectivity index (χ2n) is 6.07. The smallest absolute Gasteiger partial charge is 0.243 e. The van der Waals surface area contributed by atoms with Gasteiger partial charge in [0.2, 0.25) is 15.9 Å². The summed E-state index contributed by atoms with van der Waals surface area (Å²) in [4.78, 5) is 4.58. The van der Waals surface area contributed by atoms with Crippen LogP contribution in [0.25, 0.3) is 0 Å². The Kier molecular flexibility index (Phi) is 4.20. The van der Waals surface area contributed by atoms with Crippen LogP contribution < -0.4 is 0 Å². The predicted octanol–water partition coefficient (Wildman–Crippen LogP) is 2.94. The van der Waals surface area contributed by atoms with E-state index in [4.69, 9.17) is 16.1 Å². The lowest BCUT2D eigenvalue weighted by atomic mass is 10.0. The van der Waals surface area contributed by atoms with Gasteiger partial charge < -0.3 is 4.52 Å². The highest BCUT2D eigenvalue weighted by atomic mass is 35.5. The van der Waals surface area contributed by atoms with Crippen LogP contribution >= 0.6 is 11.6 Å². The molecule has 0 unspecified atom stereocenters. The summed E-state index contributed by atoms with van der Waals surface area (Å²) in [5, 5.41) is 4.33. The number of hydrogen-bond acceptors (Lipinski definition) is 5. The van der Waals surface area contributed by atoms with Crippen molar-refractivity contribution in [1.29, 1.82) is 0 Å². The van der Waals surface area contributed by atoms with E-state index < -0.39 is 10.0 Å². The zero-order chi connectivity index (χ0) is 16.8. The lowest BCUT2D eigenvalue weighted by molar-refractivity contribution is 0.216. The summed E-state index contributed by atoms with van der Waals surface area (Å²) in [5.74, 6) is 1.28. The third-order valence-corrected chi connectivity index (χ3v) is 6.15. The van der Waals surface area contributed by atoms with E-state index in [1.165, 1.54) is 10.4 Å². The Morgan fingerprint density at radius 2 is 2.04 bits per heavy atom. The summed E-state index contributed by atoms with van der Waals surface area (Å²) in [7, 11) is -3.55. The van der Waals surface area contributed by atoms with Crippen molar-refractivity contribution in [1.82, 2.24) is 14.4 Å². The van der Waals surface area contributed by atoms with Gasteiger partial charge in [0.1, 0.15) is 0 Å². The highest BCUT2D eigenvalue weighted by Crippen LogP contribution is 2.33. The fraction of sp³-hybridized carbons (Fsp3) is 0.467. The van der Waals surface area contributed by atoms with E-state index in [9.17, 15) is 8.42 Å². The van der Waals surface area contributed by atoms with Gasteiger partial charge in [-0.05, 0) is 24.6 Å². The van der Waals surface area contributed by atoms with Crippen LogP contribution in [0.4, 0.5) is 0 Å². The summed E-state index contributed by atoms with van der Waals surface area (Å²) in [6.07, 6.45) is 0. The number of aromatic nitrogens is 2. The Labute approximate surface area is 140 Å². The summed E-state index contributed by atoms with van der Waals surface area (Å²) in [6.45, 7) is 6.40. The normalized spacial score (nSPS) is 16.7. The van der Waals surface area contributed by atoms with E-state index in [1.807, 2.05) is 13.8 Å². The first kappa shape index (κ1) is 16.4. The van der Waals surface area contributed by atoms with E-state index in [-0.39, 0.29) is 16.7 Å². The van der Waals surface area contributed by atoms with Crippen molar-refractivity contribution in [3.05, 3.63) is 40.5 Å². The summed E-state index contributed by atoms with van der Waals surface area (Å²) >= 11 is 5.93. The van der Waals surface area contributed by atoms with Gasteiger partial charge in [-0.3, -0.25) is 0 Å². The Hall–Kier alpha value is -1.44. The average Bonchev–Trinajstić information content (AvgIpc) is 2.89. The predicted molar refractivity (Wildman–Crippen MR) is 86.1 cm³/mol. The molecule has 0 N–H and O–H groups in total. The maximum Gasteiger partial charge on any atom is 0.243 e. The highest BCUT2D eigenvalue weighted by Gasteiger charge is 2.41. The molecule has 1 aromatic heterocycles. The summed E-state index contributed by atoms with van der Waals surface area (Å²) in [6, 6.07) is 4.88. The molecule has 0 bridgehead atoms. The van der Waals surface area contributed by atoms with Crippen LogP contribution in [-0.4, -0.2) is 36.0 Å². The van der Waals surface area contributed by atoms with Gasteiger partial charge in [0.15, 0.2) is 5.82 Å².